The number of thiophene rings is 1. The maximum absolute atomic E-state index is 12.5. The van der Waals surface area contributed by atoms with Gasteiger partial charge in [0.25, 0.3) is 5.91 Å². The first kappa shape index (κ1) is 17.3. The van der Waals surface area contributed by atoms with Crippen molar-refractivity contribution in [1.82, 2.24) is 10.2 Å². The fraction of sp³-hybridized carbons (Fsp3) is 0.211. The second kappa shape index (κ2) is 7.24. The Bertz CT molecular complexity index is 981. The van der Waals surface area contributed by atoms with Crippen molar-refractivity contribution < 1.29 is 14.3 Å². The second-order valence-corrected chi connectivity index (χ2v) is 7.08. The van der Waals surface area contributed by atoms with Gasteiger partial charge in [0.05, 0.1) is 23.4 Å². The predicted octanol–water partition coefficient (Wildman–Crippen LogP) is 3.53. The Labute approximate surface area is 160 Å². The van der Waals surface area contributed by atoms with E-state index in [9.17, 15) is 9.59 Å². The fourth-order valence-corrected chi connectivity index (χ4v) is 3.77. The van der Waals surface area contributed by atoms with Crippen molar-refractivity contribution in [2.24, 2.45) is 0 Å². The largest absolute Gasteiger partial charge is 0.495 e. The van der Waals surface area contributed by atoms with Crippen molar-refractivity contribution >= 4 is 34.5 Å². The van der Waals surface area contributed by atoms with Gasteiger partial charge in [-0.05, 0) is 42.1 Å². The number of carbonyl (C=O) groups excluding carboxylic acids is 2. The minimum absolute atomic E-state index is 0.0599. The molecule has 4 rings (SSSR count). The highest BCUT2D eigenvalue weighted by atomic mass is 32.1. The molecule has 1 fully saturated rings. The zero-order valence-corrected chi connectivity index (χ0v) is 15.5. The van der Waals surface area contributed by atoms with Crippen molar-refractivity contribution in [3.63, 3.8) is 0 Å². The zero-order chi connectivity index (χ0) is 18.8. The summed E-state index contributed by atoms with van der Waals surface area (Å²) in [5, 5.41) is 11.8. The lowest BCUT2D eigenvalue weighted by molar-refractivity contribution is -0.117. The molecule has 0 unspecified atom stereocenters. The van der Waals surface area contributed by atoms with Crippen molar-refractivity contribution in [2.45, 2.75) is 12.8 Å². The Morgan fingerprint density at radius 1 is 1.33 bits per heavy atom. The van der Waals surface area contributed by atoms with Crippen molar-refractivity contribution in [1.29, 1.82) is 0 Å². The van der Waals surface area contributed by atoms with E-state index < -0.39 is 0 Å². The average molecular weight is 382 g/mol. The molecule has 0 aliphatic carbocycles. The van der Waals surface area contributed by atoms with Crippen molar-refractivity contribution in [3.8, 4) is 16.3 Å². The Hall–Kier alpha value is -3.13. The smallest absolute Gasteiger partial charge is 0.276 e. The summed E-state index contributed by atoms with van der Waals surface area (Å²) in [4.78, 5) is 27.3. The number of amides is 2. The van der Waals surface area contributed by atoms with E-state index in [4.69, 9.17) is 4.74 Å². The minimum Gasteiger partial charge on any atom is -0.495 e. The lowest BCUT2D eigenvalue weighted by atomic mass is 10.2. The second-order valence-electron chi connectivity index (χ2n) is 6.13. The van der Waals surface area contributed by atoms with Gasteiger partial charge in [-0.15, -0.1) is 11.3 Å². The van der Waals surface area contributed by atoms with Crippen LogP contribution >= 0.6 is 11.3 Å². The molecule has 1 saturated heterocycles. The molecular formula is C19H18N4O3S. The number of carbonyl (C=O) groups is 2. The number of nitrogens with zero attached hydrogens (tertiary/aromatic N) is 2. The zero-order valence-electron chi connectivity index (χ0n) is 14.7. The molecule has 3 aromatic rings. The first-order valence-corrected chi connectivity index (χ1v) is 9.43. The van der Waals surface area contributed by atoms with Gasteiger partial charge in [-0.25, -0.2) is 0 Å². The van der Waals surface area contributed by atoms with Crippen LogP contribution in [0, 0.1) is 0 Å². The molecular weight excluding hydrogens is 364 g/mol. The third-order valence-electron chi connectivity index (χ3n) is 4.40. The number of aromatic nitrogens is 2. The molecule has 0 radical (unpaired) electrons. The molecule has 1 aliphatic heterocycles. The lowest BCUT2D eigenvalue weighted by Crippen LogP contribution is -2.24. The molecule has 1 aliphatic rings. The number of aromatic amines is 1. The number of benzene rings is 1. The van der Waals surface area contributed by atoms with E-state index in [-0.39, 0.29) is 11.8 Å². The normalized spacial score (nSPS) is 13.8. The van der Waals surface area contributed by atoms with Crippen LogP contribution in [-0.2, 0) is 4.79 Å². The van der Waals surface area contributed by atoms with Gasteiger partial charge in [0.2, 0.25) is 5.91 Å². The monoisotopic (exact) mass is 382 g/mol. The van der Waals surface area contributed by atoms with E-state index in [1.54, 1.807) is 47.6 Å². The first-order chi connectivity index (χ1) is 13.2. The number of methoxy groups -OCH3 is 1. The molecule has 0 saturated carbocycles. The number of nitrogens with one attached hydrogen (secondary N) is 2. The van der Waals surface area contributed by atoms with Crippen LogP contribution in [0.5, 0.6) is 5.75 Å². The quantitative estimate of drug-likeness (QED) is 0.707. The van der Waals surface area contributed by atoms with Gasteiger partial charge >= 0.3 is 0 Å². The molecule has 1 aromatic carbocycles. The highest BCUT2D eigenvalue weighted by Crippen LogP contribution is 2.34. The van der Waals surface area contributed by atoms with Gasteiger partial charge in [-0.3, -0.25) is 14.7 Å². The summed E-state index contributed by atoms with van der Waals surface area (Å²) in [5.41, 5.74) is 2.34. The van der Waals surface area contributed by atoms with E-state index in [2.05, 4.69) is 15.5 Å². The Morgan fingerprint density at radius 3 is 2.93 bits per heavy atom. The van der Waals surface area contributed by atoms with Gasteiger partial charge in [-0.1, -0.05) is 6.07 Å². The van der Waals surface area contributed by atoms with Gasteiger partial charge in [0, 0.05) is 18.7 Å². The number of H-pyrrole nitrogens is 1. The van der Waals surface area contributed by atoms with Crippen LogP contribution in [0.25, 0.3) is 10.6 Å². The van der Waals surface area contributed by atoms with E-state index in [1.165, 1.54) is 0 Å². The number of ether oxygens (including phenoxy) is 1. The minimum atomic E-state index is -0.321. The summed E-state index contributed by atoms with van der Waals surface area (Å²) in [6.45, 7) is 0.649. The molecule has 27 heavy (non-hydrogen) atoms. The Kier molecular flexibility index (Phi) is 4.64. The van der Waals surface area contributed by atoms with Gasteiger partial charge < -0.3 is 15.0 Å². The van der Waals surface area contributed by atoms with Crippen LogP contribution in [-0.4, -0.2) is 35.7 Å². The number of anilines is 2. The highest BCUT2D eigenvalue weighted by molar-refractivity contribution is 7.13. The topological polar surface area (TPSA) is 87.3 Å². The highest BCUT2D eigenvalue weighted by Gasteiger charge is 2.25. The third kappa shape index (κ3) is 3.43. The molecule has 2 aromatic heterocycles. The average Bonchev–Trinajstić information content (AvgIpc) is 3.42. The summed E-state index contributed by atoms with van der Waals surface area (Å²) in [6.07, 6.45) is 1.34. The molecule has 8 heteroatoms. The van der Waals surface area contributed by atoms with E-state index in [0.29, 0.717) is 35.8 Å². The summed E-state index contributed by atoms with van der Waals surface area (Å²) in [7, 11) is 1.56. The van der Waals surface area contributed by atoms with E-state index in [0.717, 1.165) is 17.0 Å². The molecule has 0 atom stereocenters. The summed E-state index contributed by atoms with van der Waals surface area (Å²) >= 11 is 1.57. The Morgan fingerprint density at radius 2 is 2.22 bits per heavy atom. The maximum atomic E-state index is 12.5. The Balaban J connectivity index is 1.55. The molecule has 2 N–H and O–H groups in total. The van der Waals surface area contributed by atoms with Crippen molar-refractivity contribution in [2.75, 3.05) is 23.9 Å². The molecule has 0 bridgehead atoms. The van der Waals surface area contributed by atoms with E-state index in [1.807, 2.05) is 17.5 Å². The van der Waals surface area contributed by atoms with Crippen LogP contribution in [0.4, 0.5) is 11.4 Å². The fourth-order valence-electron chi connectivity index (χ4n) is 3.07. The SMILES string of the molecule is COc1ccc(NC(=O)c2cc(-c3cccs3)[nH]n2)cc1N1CCCC1=O. The molecule has 0 spiro atoms. The molecule has 2 amide bonds. The van der Waals surface area contributed by atoms with E-state index >= 15 is 0 Å². The maximum Gasteiger partial charge on any atom is 0.276 e. The summed E-state index contributed by atoms with van der Waals surface area (Å²) in [6, 6.07) is 10.9. The van der Waals surface area contributed by atoms with Gasteiger partial charge in [-0.2, -0.15) is 5.10 Å². The third-order valence-corrected chi connectivity index (χ3v) is 5.30. The first-order valence-electron chi connectivity index (χ1n) is 8.55. The summed E-state index contributed by atoms with van der Waals surface area (Å²) in [5.74, 6) is 0.339. The van der Waals surface area contributed by atoms with Gasteiger partial charge in [0.15, 0.2) is 5.69 Å². The van der Waals surface area contributed by atoms with Crippen LogP contribution in [0.15, 0.2) is 41.8 Å². The number of rotatable bonds is 5. The molecule has 138 valence electrons. The number of hydrogen-bond acceptors (Lipinski definition) is 5. The molecule has 3 heterocycles. The van der Waals surface area contributed by atoms with Crippen LogP contribution in [0.2, 0.25) is 0 Å². The van der Waals surface area contributed by atoms with Gasteiger partial charge in [0.1, 0.15) is 5.75 Å². The van der Waals surface area contributed by atoms with Crippen LogP contribution in [0.1, 0.15) is 23.3 Å². The lowest BCUT2D eigenvalue weighted by Gasteiger charge is -2.20. The molecule has 7 nitrogen and oxygen atoms in total. The predicted molar refractivity (Wildman–Crippen MR) is 104 cm³/mol. The van der Waals surface area contributed by atoms with Crippen LogP contribution < -0.4 is 15.0 Å². The van der Waals surface area contributed by atoms with Crippen LogP contribution in [0.3, 0.4) is 0 Å². The number of hydrogen-bond donors (Lipinski definition) is 2. The summed E-state index contributed by atoms with van der Waals surface area (Å²) < 4.78 is 5.37. The van der Waals surface area contributed by atoms with Crippen molar-refractivity contribution in [3.05, 3.63) is 47.5 Å². The standard InChI is InChI=1S/C19H18N4O3S/c1-26-16-7-6-12(10-15(16)23-8-2-5-18(23)24)20-19(25)14-11-13(21-22-14)17-4-3-9-27-17/h3-4,6-7,9-11H,2,5,8H2,1H3,(H,20,25)(H,21,22).